The van der Waals surface area contributed by atoms with Crippen LogP contribution in [0.15, 0.2) is 21.9 Å². The highest BCUT2D eigenvalue weighted by molar-refractivity contribution is 7.99. The first kappa shape index (κ1) is 14.6. The third-order valence-electron chi connectivity index (χ3n) is 3.09. The Kier molecular flexibility index (Phi) is 4.39. The number of sulfonamides is 1. The van der Waals surface area contributed by atoms with E-state index in [-0.39, 0.29) is 11.0 Å². The van der Waals surface area contributed by atoms with E-state index in [1.807, 2.05) is 0 Å². The number of hydrogen-bond donors (Lipinski definition) is 2. The molecular formula is C12H18N2O3S2. The van der Waals surface area contributed by atoms with Gasteiger partial charge in [0.2, 0.25) is 10.0 Å². The van der Waals surface area contributed by atoms with Gasteiger partial charge in [0.05, 0.1) is 11.0 Å². The molecule has 0 radical (unpaired) electrons. The number of primary sulfonamides is 1. The molecular weight excluding hydrogens is 284 g/mol. The molecule has 0 saturated carbocycles. The van der Waals surface area contributed by atoms with E-state index >= 15 is 0 Å². The average Bonchev–Trinajstić information content (AvgIpc) is 2.81. The predicted octanol–water partition coefficient (Wildman–Crippen LogP) is 1.50. The molecule has 0 bridgehead atoms. The summed E-state index contributed by atoms with van der Waals surface area (Å²) in [5.41, 5.74) is 6.80. The van der Waals surface area contributed by atoms with Crippen molar-refractivity contribution in [3.63, 3.8) is 0 Å². The summed E-state index contributed by atoms with van der Waals surface area (Å²) >= 11 is 1.56. The Morgan fingerprint density at radius 3 is 2.79 bits per heavy atom. The van der Waals surface area contributed by atoms with E-state index in [4.69, 9.17) is 15.6 Å². The summed E-state index contributed by atoms with van der Waals surface area (Å²) in [6.07, 6.45) is 2.38. The van der Waals surface area contributed by atoms with Gasteiger partial charge in [-0.05, 0) is 37.5 Å². The Labute approximate surface area is 117 Å². The van der Waals surface area contributed by atoms with Crippen LogP contribution in [0.1, 0.15) is 18.4 Å². The van der Waals surface area contributed by atoms with Crippen LogP contribution in [0.3, 0.4) is 0 Å². The van der Waals surface area contributed by atoms with E-state index in [2.05, 4.69) is 0 Å². The monoisotopic (exact) mass is 302 g/mol. The number of thioether (sulfide) groups is 1. The Morgan fingerprint density at radius 1 is 1.47 bits per heavy atom. The standard InChI is InChI=1S/C12H18N2O3S2/c1-8-11(18-7-10-3-2-4-17-10)5-9(13)6-12(8)19(14,15)16/h5-6,10H,2-4,7,13H2,1H3,(H2,14,15,16). The van der Waals surface area contributed by atoms with Gasteiger partial charge >= 0.3 is 0 Å². The van der Waals surface area contributed by atoms with Crippen molar-refractivity contribution in [3.05, 3.63) is 17.7 Å². The van der Waals surface area contributed by atoms with Crippen molar-refractivity contribution >= 4 is 27.5 Å². The van der Waals surface area contributed by atoms with Gasteiger partial charge < -0.3 is 10.5 Å². The first-order valence-electron chi connectivity index (χ1n) is 6.05. The number of benzene rings is 1. The number of anilines is 1. The molecule has 1 heterocycles. The molecule has 1 aliphatic heterocycles. The zero-order valence-electron chi connectivity index (χ0n) is 10.8. The smallest absolute Gasteiger partial charge is 0.238 e. The van der Waals surface area contributed by atoms with Crippen LogP contribution in [0.4, 0.5) is 5.69 Å². The topological polar surface area (TPSA) is 95.4 Å². The minimum absolute atomic E-state index is 0.0994. The van der Waals surface area contributed by atoms with Crippen LogP contribution in [-0.4, -0.2) is 26.9 Å². The fourth-order valence-electron chi connectivity index (χ4n) is 2.09. The Morgan fingerprint density at radius 2 is 2.21 bits per heavy atom. The molecule has 1 unspecified atom stereocenters. The van der Waals surface area contributed by atoms with Crippen molar-refractivity contribution in [2.75, 3.05) is 18.1 Å². The van der Waals surface area contributed by atoms with Gasteiger partial charge in [-0.2, -0.15) is 0 Å². The first-order valence-corrected chi connectivity index (χ1v) is 8.58. The van der Waals surface area contributed by atoms with Crippen LogP contribution in [0, 0.1) is 6.92 Å². The minimum atomic E-state index is -3.74. The Balaban J connectivity index is 2.22. The highest BCUT2D eigenvalue weighted by Crippen LogP contribution is 2.31. The molecule has 19 heavy (non-hydrogen) atoms. The highest BCUT2D eigenvalue weighted by atomic mass is 32.2. The van der Waals surface area contributed by atoms with Crippen LogP contribution in [0.25, 0.3) is 0 Å². The van der Waals surface area contributed by atoms with Gasteiger partial charge in [0.25, 0.3) is 0 Å². The minimum Gasteiger partial charge on any atom is -0.399 e. The van der Waals surface area contributed by atoms with Gasteiger partial charge in [-0.25, -0.2) is 13.6 Å². The van der Waals surface area contributed by atoms with Crippen molar-refractivity contribution in [1.29, 1.82) is 0 Å². The quantitative estimate of drug-likeness (QED) is 0.649. The summed E-state index contributed by atoms with van der Waals surface area (Å²) in [5, 5.41) is 5.20. The van der Waals surface area contributed by atoms with Crippen LogP contribution < -0.4 is 10.9 Å². The molecule has 1 aromatic rings. The second kappa shape index (κ2) is 5.70. The molecule has 7 heteroatoms. The van der Waals surface area contributed by atoms with Crippen molar-refractivity contribution in [3.8, 4) is 0 Å². The lowest BCUT2D eigenvalue weighted by molar-refractivity contribution is 0.129. The zero-order valence-corrected chi connectivity index (χ0v) is 12.4. The third kappa shape index (κ3) is 3.62. The van der Waals surface area contributed by atoms with Crippen LogP contribution >= 0.6 is 11.8 Å². The lowest BCUT2D eigenvalue weighted by atomic mass is 10.2. The molecule has 1 fully saturated rings. The molecule has 2 rings (SSSR count). The molecule has 0 amide bonds. The van der Waals surface area contributed by atoms with E-state index in [0.717, 1.165) is 30.1 Å². The van der Waals surface area contributed by atoms with Crippen LogP contribution in [-0.2, 0) is 14.8 Å². The summed E-state index contributed by atoms with van der Waals surface area (Å²) < 4.78 is 28.6. The van der Waals surface area contributed by atoms with Crippen molar-refractivity contribution in [2.45, 2.75) is 35.7 Å². The Hall–Kier alpha value is -0.760. The summed E-state index contributed by atoms with van der Waals surface area (Å²) in [6.45, 7) is 2.56. The normalized spacial score (nSPS) is 19.8. The molecule has 106 valence electrons. The maximum atomic E-state index is 11.5. The molecule has 1 atom stereocenters. The second-order valence-electron chi connectivity index (χ2n) is 4.63. The van der Waals surface area contributed by atoms with E-state index < -0.39 is 10.0 Å². The predicted molar refractivity (Wildman–Crippen MR) is 76.7 cm³/mol. The molecule has 1 aliphatic rings. The summed E-state index contributed by atoms with van der Waals surface area (Å²) in [6, 6.07) is 3.18. The van der Waals surface area contributed by atoms with Gasteiger partial charge in [-0.1, -0.05) is 0 Å². The van der Waals surface area contributed by atoms with Crippen molar-refractivity contribution in [1.82, 2.24) is 0 Å². The second-order valence-corrected chi connectivity index (χ2v) is 7.22. The lowest BCUT2D eigenvalue weighted by Crippen LogP contribution is -2.15. The van der Waals surface area contributed by atoms with Crippen molar-refractivity contribution < 1.29 is 13.2 Å². The van der Waals surface area contributed by atoms with Crippen LogP contribution in [0.2, 0.25) is 0 Å². The van der Waals surface area contributed by atoms with E-state index in [9.17, 15) is 8.42 Å². The maximum absolute atomic E-state index is 11.5. The maximum Gasteiger partial charge on any atom is 0.238 e. The van der Waals surface area contributed by atoms with E-state index in [0.29, 0.717) is 11.3 Å². The largest absolute Gasteiger partial charge is 0.399 e. The molecule has 1 saturated heterocycles. The van der Waals surface area contributed by atoms with E-state index in [1.165, 1.54) is 6.07 Å². The van der Waals surface area contributed by atoms with Crippen molar-refractivity contribution in [2.24, 2.45) is 5.14 Å². The fourth-order valence-corrected chi connectivity index (χ4v) is 4.16. The molecule has 5 nitrogen and oxygen atoms in total. The SMILES string of the molecule is Cc1c(SCC2CCCO2)cc(N)cc1S(N)(=O)=O. The average molecular weight is 302 g/mol. The van der Waals surface area contributed by atoms with Gasteiger partial charge in [0, 0.05) is 22.9 Å². The first-order chi connectivity index (χ1) is 8.88. The molecule has 0 aromatic heterocycles. The lowest BCUT2D eigenvalue weighted by Gasteiger charge is -2.13. The zero-order chi connectivity index (χ0) is 14.0. The van der Waals surface area contributed by atoms with Crippen LogP contribution in [0.5, 0.6) is 0 Å². The van der Waals surface area contributed by atoms with Gasteiger partial charge in [-0.3, -0.25) is 0 Å². The summed E-state index contributed by atoms with van der Waals surface area (Å²) in [4.78, 5) is 0.946. The van der Waals surface area contributed by atoms with E-state index in [1.54, 1.807) is 24.8 Å². The number of nitrogens with two attached hydrogens (primary N) is 2. The molecule has 0 aliphatic carbocycles. The summed E-state index contributed by atoms with van der Waals surface area (Å²) in [7, 11) is -3.74. The molecule has 0 spiro atoms. The number of rotatable bonds is 4. The van der Waals surface area contributed by atoms with Gasteiger partial charge in [0.1, 0.15) is 0 Å². The molecule has 4 N–H and O–H groups in total. The van der Waals surface area contributed by atoms with Gasteiger partial charge in [-0.15, -0.1) is 11.8 Å². The van der Waals surface area contributed by atoms with Gasteiger partial charge in [0.15, 0.2) is 0 Å². The molecule has 1 aromatic carbocycles. The highest BCUT2D eigenvalue weighted by Gasteiger charge is 2.19. The number of nitrogen functional groups attached to an aromatic ring is 1. The Bertz CT molecular complexity index is 567. The summed E-state index contributed by atoms with van der Waals surface area (Å²) in [5.74, 6) is 0.800. The number of hydrogen-bond acceptors (Lipinski definition) is 5. The third-order valence-corrected chi connectivity index (χ3v) is 5.40. The fraction of sp³-hybridized carbons (Fsp3) is 0.500. The number of ether oxygens (including phenoxy) is 1.